The molecule has 0 radical (unpaired) electrons. The van der Waals surface area contributed by atoms with E-state index in [1.54, 1.807) is 40.4 Å². The lowest BCUT2D eigenvalue weighted by Crippen LogP contribution is -2.25. The Balaban J connectivity index is 1.34. The highest BCUT2D eigenvalue weighted by Crippen LogP contribution is 2.21. The molecule has 0 unspecified atom stereocenters. The van der Waals surface area contributed by atoms with Crippen LogP contribution in [0.3, 0.4) is 0 Å². The first-order valence-corrected chi connectivity index (χ1v) is 9.16. The molecule has 1 aromatic carbocycles. The number of aromatic nitrogens is 4. The van der Waals surface area contributed by atoms with Gasteiger partial charge in [0.1, 0.15) is 6.33 Å². The van der Waals surface area contributed by atoms with Crippen LogP contribution in [0, 0.1) is 6.92 Å². The maximum atomic E-state index is 12.3. The Morgan fingerprint density at radius 3 is 2.81 bits per heavy atom. The van der Waals surface area contributed by atoms with Crippen LogP contribution in [-0.2, 0) is 6.42 Å². The molecule has 0 aliphatic heterocycles. The van der Waals surface area contributed by atoms with Gasteiger partial charge in [0.2, 0.25) is 0 Å². The third-order valence-corrected chi connectivity index (χ3v) is 4.89. The SMILES string of the molecule is Cc1nc(-c2ccc(CCNC(=O)c3ccc4nncn4c3)cc2)cs1. The van der Waals surface area contributed by atoms with Crippen molar-refractivity contribution < 1.29 is 4.79 Å². The molecule has 6 nitrogen and oxygen atoms in total. The van der Waals surface area contributed by atoms with Gasteiger partial charge in [0, 0.05) is 23.7 Å². The number of carbonyl (C=O) groups excluding carboxylic acids is 1. The van der Waals surface area contributed by atoms with Crippen molar-refractivity contribution in [3.05, 3.63) is 70.4 Å². The van der Waals surface area contributed by atoms with E-state index in [1.165, 1.54) is 5.56 Å². The number of rotatable bonds is 5. The van der Waals surface area contributed by atoms with Crippen LogP contribution in [0.25, 0.3) is 16.9 Å². The summed E-state index contributed by atoms with van der Waals surface area (Å²) in [4.78, 5) is 16.8. The predicted molar refractivity (Wildman–Crippen MR) is 101 cm³/mol. The number of pyridine rings is 1. The normalized spacial score (nSPS) is 11.0. The lowest BCUT2D eigenvalue weighted by molar-refractivity contribution is 0.0953. The van der Waals surface area contributed by atoms with Crippen LogP contribution >= 0.6 is 11.3 Å². The van der Waals surface area contributed by atoms with E-state index >= 15 is 0 Å². The topological polar surface area (TPSA) is 72.2 Å². The number of hydrogen-bond donors (Lipinski definition) is 1. The number of nitrogens with zero attached hydrogens (tertiary/aromatic N) is 4. The van der Waals surface area contributed by atoms with E-state index in [2.05, 4.69) is 50.1 Å². The zero-order chi connectivity index (χ0) is 17.9. The Hall–Kier alpha value is -3.06. The number of fused-ring (bicyclic) bond motifs is 1. The van der Waals surface area contributed by atoms with E-state index < -0.39 is 0 Å². The molecule has 0 aliphatic rings. The molecule has 130 valence electrons. The van der Waals surface area contributed by atoms with Crippen LogP contribution in [0.4, 0.5) is 0 Å². The average Bonchev–Trinajstić information content (AvgIpc) is 3.30. The van der Waals surface area contributed by atoms with Crippen LogP contribution in [0.2, 0.25) is 0 Å². The van der Waals surface area contributed by atoms with E-state index in [0.29, 0.717) is 12.1 Å². The number of amides is 1. The van der Waals surface area contributed by atoms with Gasteiger partial charge in [-0.15, -0.1) is 21.5 Å². The largest absolute Gasteiger partial charge is 0.352 e. The predicted octanol–water partition coefficient (Wildman–Crippen LogP) is 3.13. The van der Waals surface area contributed by atoms with Crippen molar-refractivity contribution in [1.29, 1.82) is 0 Å². The van der Waals surface area contributed by atoms with Crippen LogP contribution in [0.5, 0.6) is 0 Å². The van der Waals surface area contributed by atoms with Gasteiger partial charge < -0.3 is 5.32 Å². The van der Waals surface area contributed by atoms with Crippen molar-refractivity contribution in [2.24, 2.45) is 0 Å². The molecule has 26 heavy (non-hydrogen) atoms. The highest BCUT2D eigenvalue weighted by Gasteiger charge is 2.07. The number of benzene rings is 1. The van der Waals surface area contributed by atoms with Gasteiger partial charge >= 0.3 is 0 Å². The second-order valence-electron chi connectivity index (χ2n) is 5.97. The van der Waals surface area contributed by atoms with E-state index in [9.17, 15) is 4.79 Å². The Bertz CT molecular complexity index is 1050. The molecule has 0 spiro atoms. The van der Waals surface area contributed by atoms with Crippen molar-refractivity contribution in [1.82, 2.24) is 24.9 Å². The number of aryl methyl sites for hydroxylation is 1. The molecule has 1 N–H and O–H groups in total. The summed E-state index contributed by atoms with van der Waals surface area (Å²) >= 11 is 1.65. The fourth-order valence-electron chi connectivity index (χ4n) is 2.72. The van der Waals surface area contributed by atoms with Crippen molar-refractivity contribution in [2.45, 2.75) is 13.3 Å². The maximum absolute atomic E-state index is 12.3. The molecule has 4 rings (SSSR count). The number of thiazole rings is 1. The molecule has 4 aromatic rings. The summed E-state index contributed by atoms with van der Waals surface area (Å²) in [6.45, 7) is 2.58. The van der Waals surface area contributed by atoms with Crippen LogP contribution in [-0.4, -0.2) is 32.0 Å². The maximum Gasteiger partial charge on any atom is 0.252 e. The Labute approximate surface area is 154 Å². The third-order valence-electron chi connectivity index (χ3n) is 4.12. The molecule has 0 aliphatic carbocycles. The molecule has 0 saturated heterocycles. The number of carbonyl (C=O) groups is 1. The van der Waals surface area contributed by atoms with Gasteiger partial charge in [0.25, 0.3) is 5.91 Å². The minimum Gasteiger partial charge on any atom is -0.352 e. The molecule has 3 heterocycles. The molecular formula is C19H17N5OS. The Kier molecular flexibility index (Phi) is 4.45. The smallest absolute Gasteiger partial charge is 0.252 e. The molecule has 7 heteroatoms. The summed E-state index contributed by atoms with van der Waals surface area (Å²) in [5.41, 5.74) is 4.61. The van der Waals surface area contributed by atoms with E-state index in [0.717, 1.165) is 28.3 Å². The fraction of sp³-hybridized carbons (Fsp3) is 0.158. The summed E-state index contributed by atoms with van der Waals surface area (Å²) in [5.74, 6) is -0.102. The standard InChI is InChI=1S/C19H17N5OS/c1-13-22-17(11-26-13)15-4-2-14(3-5-15)8-9-20-19(25)16-6-7-18-23-21-12-24(18)10-16/h2-7,10-12H,8-9H2,1H3,(H,20,25). The molecule has 1 amide bonds. The summed E-state index contributed by atoms with van der Waals surface area (Å²) < 4.78 is 1.73. The van der Waals surface area contributed by atoms with Gasteiger partial charge in [0.05, 0.1) is 16.3 Å². The Morgan fingerprint density at radius 2 is 2.04 bits per heavy atom. The monoisotopic (exact) mass is 363 g/mol. The Morgan fingerprint density at radius 1 is 1.19 bits per heavy atom. The molecule has 0 bridgehead atoms. The summed E-state index contributed by atoms with van der Waals surface area (Å²) in [6.07, 6.45) is 4.09. The van der Waals surface area contributed by atoms with Crippen LogP contribution in [0.1, 0.15) is 20.9 Å². The highest BCUT2D eigenvalue weighted by atomic mass is 32.1. The zero-order valence-electron chi connectivity index (χ0n) is 14.2. The van der Waals surface area contributed by atoms with Crippen molar-refractivity contribution in [3.63, 3.8) is 0 Å². The molecular weight excluding hydrogens is 346 g/mol. The second kappa shape index (κ2) is 7.05. The van der Waals surface area contributed by atoms with Gasteiger partial charge in [-0.3, -0.25) is 9.20 Å². The summed E-state index contributed by atoms with van der Waals surface area (Å²) in [6, 6.07) is 11.8. The van der Waals surface area contributed by atoms with E-state index in [1.807, 2.05) is 6.92 Å². The summed E-state index contributed by atoms with van der Waals surface area (Å²) in [7, 11) is 0. The van der Waals surface area contributed by atoms with Crippen LogP contribution in [0.15, 0.2) is 54.3 Å². The van der Waals surface area contributed by atoms with Crippen molar-refractivity contribution in [2.75, 3.05) is 6.54 Å². The molecule has 0 fully saturated rings. The van der Waals surface area contributed by atoms with Gasteiger partial charge in [-0.1, -0.05) is 24.3 Å². The second-order valence-corrected chi connectivity index (χ2v) is 7.03. The van der Waals surface area contributed by atoms with E-state index in [4.69, 9.17) is 0 Å². The number of nitrogens with one attached hydrogen (secondary N) is 1. The first-order chi connectivity index (χ1) is 12.7. The fourth-order valence-corrected chi connectivity index (χ4v) is 3.34. The summed E-state index contributed by atoms with van der Waals surface area (Å²) in [5, 5.41) is 13.8. The average molecular weight is 363 g/mol. The van der Waals surface area contributed by atoms with Gasteiger partial charge in [-0.2, -0.15) is 0 Å². The first kappa shape index (κ1) is 16.4. The molecule has 3 aromatic heterocycles. The molecule has 0 saturated carbocycles. The number of hydrogen-bond acceptors (Lipinski definition) is 5. The van der Waals surface area contributed by atoms with Crippen molar-refractivity contribution >= 4 is 22.9 Å². The van der Waals surface area contributed by atoms with Crippen LogP contribution < -0.4 is 5.32 Å². The van der Waals surface area contributed by atoms with Gasteiger partial charge in [-0.05, 0) is 31.0 Å². The highest BCUT2D eigenvalue weighted by molar-refractivity contribution is 7.09. The lowest BCUT2D eigenvalue weighted by Gasteiger charge is -2.06. The lowest BCUT2D eigenvalue weighted by atomic mass is 10.1. The van der Waals surface area contributed by atoms with E-state index in [-0.39, 0.29) is 5.91 Å². The van der Waals surface area contributed by atoms with Gasteiger partial charge in [-0.25, -0.2) is 4.98 Å². The first-order valence-electron chi connectivity index (χ1n) is 8.28. The minimum atomic E-state index is -0.102. The molecule has 0 atom stereocenters. The third kappa shape index (κ3) is 3.48. The van der Waals surface area contributed by atoms with Crippen molar-refractivity contribution in [3.8, 4) is 11.3 Å². The van der Waals surface area contributed by atoms with Gasteiger partial charge in [0.15, 0.2) is 5.65 Å². The minimum absolute atomic E-state index is 0.102. The quantitative estimate of drug-likeness (QED) is 0.591. The zero-order valence-corrected chi connectivity index (χ0v) is 15.0.